The number of aromatic nitrogens is 1. The van der Waals surface area contributed by atoms with E-state index in [2.05, 4.69) is 9.71 Å². The number of benzene rings is 1. The molecule has 0 radical (unpaired) electrons. The Hall–Kier alpha value is -2.79. The molecule has 1 heterocycles. The highest BCUT2D eigenvalue weighted by Crippen LogP contribution is 2.23. The van der Waals surface area contributed by atoms with Gasteiger partial charge in [0, 0.05) is 5.69 Å². The Morgan fingerprint density at radius 1 is 1.38 bits per heavy atom. The van der Waals surface area contributed by atoms with E-state index >= 15 is 0 Å². The molecule has 0 aliphatic rings. The van der Waals surface area contributed by atoms with E-state index < -0.39 is 16.0 Å². The second-order valence-corrected chi connectivity index (χ2v) is 5.91. The van der Waals surface area contributed by atoms with Crippen LogP contribution in [0, 0.1) is 18.3 Å². The quantitative estimate of drug-likeness (QED) is 0.793. The van der Waals surface area contributed by atoms with Crippen LogP contribution in [0.4, 0.5) is 5.69 Å². The van der Waals surface area contributed by atoms with E-state index in [1.165, 1.54) is 24.3 Å². The zero-order chi connectivity index (χ0) is 15.6. The van der Waals surface area contributed by atoms with Gasteiger partial charge in [-0.3, -0.25) is 4.72 Å². The topological polar surface area (TPSA) is 123 Å². The van der Waals surface area contributed by atoms with Gasteiger partial charge in [0.25, 0.3) is 10.0 Å². The average Bonchev–Trinajstić information content (AvgIpc) is 2.79. The standard InChI is InChI=1S/C13H11N3O4S/c1-8-6-10(12(15-8)13(17)18)16-21(19,20)11-5-3-2-4-9(11)7-14/h2-6,15-16H,1H3,(H,17,18). The van der Waals surface area contributed by atoms with Gasteiger partial charge in [-0.1, -0.05) is 12.1 Å². The van der Waals surface area contributed by atoms with Crippen LogP contribution in [0.2, 0.25) is 0 Å². The molecule has 0 unspecified atom stereocenters. The van der Waals surface area contributed by atoms with Gasteiger partial charge in [0.1, 0.15) is 16.7 Å². The molecule has 108 valence electrons. The number of aromatic carboxylic acids is 1. The lowest BCUT2D eigenvalue weighted by Crippen LogP contribution is -2.16. The third-order valence-corrected chi connectivity index (χ3v) is 4.13. The number of rotatable bonds is 4. The first kappa shape index (κ1) is 14.6. The summed E-state index contributed by atoms with van der Waals surface area (Å²) < 4.78 is 26.8. The Bertz CT molecular complexity index is 847. The van der Waals surface area contributed by atoms with E-state index in [-0.39, 0.29) is 21.8 Å². The molecule has 1 aromatic carbocycles. The molecule has 2 rings (SSSR count). The van der Waals surface area contributed by atoms with Gasteiger partial charge in [0.2, 0.25) is 0 Å². The zero-order valence-corrected chi connectivity index (χ0v) is 11.7. The van der Waals surface area contributed by atoms with Crippen molar-refractivity contribution in [1.82, 2.24) is 4.98 Å². The van der Waals surface area contributed by atoms with Crippen LogP contribution in [0.15, 0.2) is 35.2 Å². The van der Waals surface area contributed by atoms with Gasteiger partial charge in [0.15, 0.2) is 0 Å². The lowest BCUT2D eigenvalue weighted by Gasteiger charge is -2.08. The minimum absolute atomic E-state index is 0.0193. The predicted octanol–water partition coefficient (Wildman–Crippen LogP) is 1.69. The third kappa shape index (κ3) is 2.88. The molecule has 0 bridgehead atoms. The first-order valence-corrected chi connectivity index (χ1v) is 7.28. The molecule has 0 aliphatic heterocycles. The van der Waals surface area contributed by atoms with Crippen LogP contribution in [0.25, 0.3) is 0 Å². The fourth-order valence-electron chi connectivity index (χ4n) is 1.83. The van der Waals surface area contributed by atoms with Crippen molar-refractivity contribution in [3.05, 3.63) is 47.3 Å². The molecule has 0 aliphatic carbocycles. The summed E-state index contributed by atoms with van der Waals surface area (Å²) in [4.78, 5) is 13.4. The first-order chi connectivity index (χ1) is 9.85. The number of hydrogen-bond donors (Lipinski definition) is 3. The number of carbonyl (C=O) groups is 1. The SMILES string of the molecule is Cc1cc(NS(=O)(=O)c2ccccc2C#N)c(C(=O)O)[nH]1. The minimum atomic E-state index is -4.05. The van der Waals surface area contributed by atoms with Gasteiger partial charge in [-0.15, -0.1) is 0 Å². The molecule has 0 amide bonds. The lowest BCUT2D eigenvalue weighted by atomic mass is 10.2. The molecule has 7 nitrogen and oxygen atoms in total. The van der Waals surface area contributed by atoms with E-state index in [0.717, 1.165) is 0 Å². The monoisotopic (exact) mass is 305 g/mol. The maximum absolute atomic E-state index is 12.3. The van der Waals surface area contributed by atoms with Crippen LogP contribution in [0.5, 0.6) is 0 Å². The molecule has 2 aromatic rings. The molecule has 0 fully saturated rings. The summed E-state index contributed by atoms with van der Waals surface area (Å²) in [5, 5.41) is 18.0. The fraction of sp³-hybridized carbons (Fsp3) is 0.0769. The maximum atomic E-state index is 12.3. The maximum Gasteiger partial charge on any atom is 0.354 e. The van der Waals surface area contributed by atoms with Crippen molar-refractivity contribution < 1.29 is 18.3 Å². The van der Waals surface area contributed by atoms with Gasteiger partial charge in [-0.2, -0.15) is 5.26 Å². The molecular formula is C13H11N3O4S. The Morgan fingerprint density at radius 2 is 2.05 bits per heavy atom. The number of sulfonamides is 1. The summed E-state index contributed by atoms with van der Waals surface area (Å²) in [7, 11) is -4.05. The summed E-state index contributed by atoms with van der Waals surface area (Å²) >= 11 is 0. The average molecular weight is 305 g/mol. The molecule has 0 saturated carbocycles. The molecular weight excluding hydrogens is 294 g/mol. The number of carboxylic acid groups (broad SMARTS) is 1. The largest absolute Gasteiger partial charge is 0.477 e. The van der Waals surface area contributed by atoms with E-state index in [0.29, 0.717) is 5.69 Å². The number of nitrogens with one attached hydrogen (secondary N) is 2. The smallest absolute Gasteiger partial charge is 0.354 e. The van der Waals surface area contributed by atoms with Crippen molar-refractivity contribution in [3.63, 3.8) is 0 Å². The van der Waals surface area contributed by atoms with Crippen LogP contribution < -0.4 is 4.72 Å². The van der Waals surface area contributed by atoms with Gasteiger partial charge < -0.3 is 10.1 Å². The van der Waals surface area contributed by atoms with E-state index in [9.17, 15) is 13.2 Å². The highest BCUT2D eigenvalue weighted by molar-refractivity contribution is 7.92. The number of aromatic amines is 1. The van der Waals surface area contributed by atoms with E-state index in [1.807, 2.05) is 0 Å². The molecule has 21 heavy (non-hydrogen) atoms. The van der Waals surface area contributed by atoms with Crippen LogP contribution in [0.1, 0.15) is 21.7 Å². The van der Waals surface area contributed by atoms with E-state index in [1.54, 1.807) is 19.1 Å². The number of hydrogen-bond acceptors (Lipinski definition) is 4. The molecule has 0 saturated heterocycles. The third-order valence-electron chi connectivity index (χ3n) is 2.71. The number of aryl methyl sites for hydroxylation is 1. The van der Waals surface area contributed by atoms with Crippen molar-refractivity contribution in [2.24, 2.45) is 0 Å². The molecule has 0 spiro atoms. The molecule has 8 heteroatoms. The summed E-state index contributed by atoms with van der Waals surface area (Å²) in [6.45, 7) is 1.60. The number of H-pyrrole nitrogens is 1. The highest BCUT2D eigenvalue weighted by atomic mass is 32.2. The number of nitrogens with zero attached hydrogens (tertiary/aromatic N) is 1. The van der Waals surface area contributed by atoms with E-state index in [4.69, 9.17) is 10.4 Å². The van der Waals surface area contributed by atoms with Gasteiger partial charge in [0.05, 0.1) is 11.3 Å². The number of carboxylic acids is 1. The second-order valence-electron chi connectivity index (χ2n) is 4.26. The second kappa shape index (κ2) is 5.30. The van der Waals surface area contributed by atoms with Crippen LogP contribution in [-0.2, 0) is 10.0 Å². The fourth-order valence-corrected chi connectivity index (χ4v) is 3.05. The zero-order valence-electron chi connectivity index (χ0n) is 10.9. The van der Waals surface area contributed by atoms with Crippen molar-refractivity contribution in [1.29, 1.82) is 5.26 Å². The van der Waals surface area contributed by atoms with Gasteiger partial charge in [-0.05, 0) is 25.1 Å². The predicted molar refractivity (Wildman–Crippen MR) is 74.5 cm³/mol. The summed E-state index contributed by atoms with van der Waals surface area (Å²) in [6.07, 6.45) is 0. The molecule has 1 aromatic heterocycles. The normalized spacial score (nSPS) is 10.9. The molecule has 3 N–H and O–H groups in total. The number of nitriles is 1. The van der Waals surface area contributed by atoms with Gasteiger partial charge in [-0.25, -0.2) is 13.2 Å². The Kier molecular flexibility index (Phi) is 3.69. The van der Waals surface area contributed by atoms with Crippen molar-refractivity contribution in [3.8, 4) is 6.07 Å². The molecule has 0 atom stereocenters. The Morgan fingerprint density at radius 3 is 2.67 bits per heavy atom. The number of anilines is 1. The van der Waals surface area contributed by atoms with Gasteiger partial charge >= 0.3 is 5.97 Å². The van der Waals surface area contributed by atoms with Crippen LogP contribution in [-0.4, -0.2) is 24.5 Å². The highest BCUT2D eigenvalue weighted by Gasteiger charge is 2.22. The summed E-state index contributed by atoms with van der Waals surface area (Å²) in [5.41, 5.74) is 0.144. The van der Waals surface area contributed by atoms with Crippen molar-refractivity contribution in [2.75, 3.05) is 4.72 Å². The summed E-state index contributed by atoms with van der Waals surface area (Å²) in [6, 6.07) is 8.83. The van der Waals surface area contributed by atoms with Crippen molar-refractivity contribution in [2.45, 2.75) is 11.8 Å². The minimum Gasteiger partial charge on any atom is -0.477 e. The van der Waals surface area contributed by atoms with Crippen molar-refractivity contribution >= 4 is 21.7 Å². The summed E-state index contributed by atoms with van der Waals surface area (Å²) in [5.74, 6) is -1.28. The van der Waals surface area contributed by atoms with Crippen LogP contribution >= 0.6 is 0 Å². The lowest BCUT2D eigenvalue weighted by molar-refractivity contribution is 0.0692. The Labute approximate surface area is 120 Å². The first-order valence-electron chi connectivity index (χ1n) is 5.80. The Balaban J connectivity index is 2.48. The van der Waals surface area contributed by atoms with Crippen LogP contribution in [0.3, 0.4) is 0 Å².